The van der Waals surface area contributed by atoms with E-state index in [1.54, 1.807) is 24.3 Å². The van der Waals surface area contributed by atoms with Crippen molar-refractivity contribution in [3.63, 3.8) is 0 Å². The lowest BCUT2D eigenvalue weighted by Crippen LogP contribution is -2.79. The standard InChI is InChI=1S/C22H24O10S2/c1-12-4-8-14(9-5-12)33(24,25)31-20-17-16(23)18-21(19(20)30-22(3,28-17)29-18)32-34(26,27)15-10-6-13(2)7-11-15/h4-11,16-21,23H,1-3H3/t16?,17-,18+,19?,20+,21-,22?. The van der Waals surface area contributed by atoms with Crippen molar-refractivity contribution in [3.05, 3.63) is 59.7 Å². The van der Waals surface area contributed by atoms with Crippen LogP contribution in [0.2, 0.25) is 0 Å². The number of rotatable bonds is 6. The summed E-state index contributed by atoms with van der Waals surface area (Å²) in [6.45, 7) is 5.07. The highest BCUT2D eigenvalue weighted by Crippen LogP contribution is 2.48. The van der Waals surface area contributed by atoms with Gasteiger partial charge in [-0.2, -0.15) is 16.8 Å². The minimum Gasteiger partial charge on any atom is -0.387 e. The van der Waals surface area contributed by atoms with Gasteiger partial charge in [-0.3, -0.25) is 8.37 Å². The average molecular weight is 513 g/mol. The SMILES string of the molecule is Cc1ccc(S(=O)(=O)O[C@@H]2C3OC4(C)O[C@@H]2C(O)[C@H](O4)[C@H]3OS(=O)(=O)c2ccc(C)cc2)cc1. The zero-order chi connectivity index (χ0) is 24.5. The first-order chi connectivity index (χ1) is 15.9. The first kappa shape index (κ1) is 23.8. The van der Waals surface area contributed by atoms with Crippen LogP contribution in [-0.2, 0) is 42.8 Å². The van der Waals surface area contributed by atoms with Gasteiger partial charge in [0.1, 0.15) is 36.6 Å². The summed E-state index contributed by atoms with van der Waals surface area (Å²) >= 11 is 0. The summed E-state index contributed by atoms with van der Waals surface area (Å²) in [6, 6.07) is 12.0. The van der Waals surface area contributed by atoms with Crippen molar-refractivity contribution in [1.82, 2.24) is 0 Å². The van der Waals surface area contributed by atoms with Crippen molar-refractivity contribution in [3.8, 4) is 0 Å². The van der Waals surface area contributed by atoms with Gasteiger partial charge in [-0.1, -0.05) is 35.4 Å². The normalized spacial score (nSPS) is 34.9. The number of benzene rings is 2. The van der Waals surface area contributed by atoms with Crippen LogP contribution in [0.3, 0.4) is 0 Å². The Hall–Kier alpha value is -1.90. The van der Waals surface area contributed by atoms with Crippen LogP contribution in [0.25, 0.3) is 0 Å². The van der Waals surface area contributed by atoms with E-state index in [1.807, 2.05) is 13.8 Å². The van der Waals surface area contributed by atoms with Crippen molar-refractivity contribution < 1.29 is 44.5 Å². The summed E-state index contributed by atoms with van der Waals surface area (Å²) in [5.74, 6) is -1.61. The molecule has 10 nitrogen and oxygen atoms in total. The molecule has 6 rings (SSSR count). The first-order valence-electron chi connectivity index (χ1n) is 10.6. The van der Waals surface area contributed by atoms with Crippen LogP contribution in [0.15, 0.2) is 58.3 Å². The van der Waals surface area contributed by atoms with Crippen LogP contribution in [0.1, 0.15) is 18.1 Å². The van der Waals surface area contributed by atoms with E-state index in [0.717, 1.165) is 11.1 Å². The van der Waals surface area contributed by atoms with Gasteiger partial charge in [-0.25, -0.2) is 0 Å². The maximum atomic E-state index is 13.0. The number of aliphatic hydroxyl groups is 1. The molecule has 4 fully saturated rings. The molecule has 3 saturated heterocycles. The molecule has 1 saturated carbocycles. The van der Waals surface area contributed by atoms with Gasteiger partial charge >= 0.3 is 0 Å². The van der Waals surface area contributed by atoms with Gasteiger partial charge in [0, 0.05) is 6.92 Å². The molecule has 0 spiro atoms. The second kappa shape index (κ2) is 8.07. The van der Waals surface area contributed by atoms with E-state index in [1.165, 1.54) is 31.2 Å². The number of hydrogen-bond donors (Lipinski definition) is 1. The summed E-state index contributed by atoms with van der Waals surface area (Å²) in [5.41, 5.74) is 1.71. The average Bonchev–Trinajstić information content (AvgIpc) is 2.76. The minimum absolute atomic E-state index is 0.103. The smallest absolute Gasteiger partial charge is 0.297 e. The molecular weight excluding hydrogens is 488 g/mol. The summed E-state index contributed by atoms with van der Waals surface area (Å²) in [6.07, 6.45) is -7.70. The molecule has 184 valence electrons. The molecule has 0 radical (unpaired) electrons. The molecule has 0 amide bonds. The van der Waals surface area contributed by atoms with Crippen LogP contribution in [0.4, 0.5) is 0 Å². The fourth-order valence-electron chi connectivity index (χ4n) is 4.40. The van der Waals surface area contributed by atoms with E-state index in [2.05, 4.69) is 0 Å². The Balaban J connectivity index is 1.47. The molecule has 12 heteroatoms. The Morgan fingerprint density at radius 2 is 1.06 bits per heavy atom. The predicted molar refractivity (Wildman–Crippen MR) is 116 cm³/mol. The van der Waals surface area contributed by atoms with Crippen LogP contribution in [0, 0.1) is 13.8 Å². The van der Waals surface area contributed by atoms with E-state index in [0.29, 0.717) is 0 Å². The lowest BCUT2D eigenvalue weighted by Gasteiger charge is -2.60. The molecule has 4 aliphatic rings. The van der Waals surface area contributed by atoms with Crippen LogP contribution >= 0.6 is 0 Å². The molecule has 1 N–H and O–H groups in total. The van der Waals surface area contributed by atoms with Gasteiger partial charge in [0.25, 0.3) is 26.2 Å². The molecule has 4 bridgehead atoms. The summed E-state index contributed by atoms with van der Waals surface area (Å²) < 4.78 is 79.8. The molecule has 3 unspecified atom stereocenters. The first-order valence-corrected chi connectivity index (χ1v) is 13.4. The third kappa shape index (κ3) is 4.07. The fourth-order valence-corrected chi connectivity index (χ4v) is 6.59. The number of aliphatic hydroxyl groups excluding tert-OH is 1. The predicted octanol–water partition coefficient (Wildman–Crippen LogP) is 1.38. The van der Waals surface area contributed by atoms with E-state index in [9.17, 15) is 21.9 Å². The fraction of sp³-hybridized carbons (Fsp3) is 0.455. The minimum atomic E-state index is -4.31. The van der Waals surface area contributed by atoms with E-state index >= 15 is 0 Å². The highest BCUT2D eigenvalue weighted by molar-refractivity contribution is 7.87. The van der Waals surface area contributed by atoms with Crippen molar-refractivity contribution in [2.75, 3.05) is 0 Å². The van der Waals surface area contributed by atoms with E-state index in [-0.39, 0.29) is 9.79 Å². The molecule has 2 aromatic carbocycles. The Kier molecular flexibility index (Phi) is 5.65. The van der Waals surface area contributed by atoms with Gasteiger partial charge in [0.05, 0.1) is 9.79 Å². The maximum Gasteiger partial charge on any atom is 0.297 e. The van der Waals surface area contributed by atoms with Crippen molar-refractivity contribution >= 4 is 20.2 Å². The van der Waals surface area contributed by atoms with Crippen LogP contribution < -0.4 is 0 Å². The highest BCUT2D eigenvalue weighted by Gasteiger charge is 2.68. The van der Waals surface area contributed by atoms with Gasteiger partial charge in [-0.05, 0) is 38.1 Å². The molecular formula is C22H24O10S2. The molecule has 3 heterocycles. The molecule has 1 aliphatic carbocycles. The second-order valence-corrected chi connectivity index (χ2v) is 11.9. The second-order valence-electron chi connectivity index (χ2n) is 8.76. The number of aryl methyl sites for hydroxylation is 2. The van der Waals surface area contributed by atoms with Crippen LogP contribution in [-0.4, -0.2) is 64.5 Å². The summed E-state index contributed by atoms with van der Waals surface area (Å²) in [7, 11) is -8.61. The van der Waals surface area contributed by atoms with E-state index in [4.69, 9.17) is 22.6 Å². The Morgan fingerprint density at radius 3 is 1.44 bits per heavy atom. The Labute approximate surface area is 197 Å². The Bertz CT molecular complexity index is 1190. The number of hydrogen-bond acceptors (Lipinski definition) is 10. The van der Waals surface area contributed by atoms with Crippen molar-refractivity contribution in [2.45, 2.75) is 73.2 Å². The monoisotopic (exact) mass is 512 g/mol. The third-order valence-corrected chi connectivity index (χ3v) is 8.76. The van der Waals surface area contributed by atoms with Crippen LogP contribution in [0.5, 0.6) is 0 Å². The van der Waals surface area contributed by atoms with Gasteiger partial charge < -0.3 is 19.3 Å². The summed E-state index contributed by atoms with van der Waals surface area (Å²) in [4.78, 5) is -0.206. The lowest BCUT2D eigenvalue weighted by molar-refractivity contribution is -0.527. The zero-order valence-corrected chi connectivity index (χ0v) is 20.2. The molecule has 34 heavy (non-hydrogen) atoms. The van der Waals surface area contributed by atoms with Gasteiger partial charge in [-0.15, -0.1) is 0 Å². The molecule has 0 aromatic heterocycles. The molecule has 7 atom stereocenters. The van der Waals surface area contributed by atoms with Gasteiger partial charge in [0.2, 0.25) is 0 Å². The van der Waals surface area contributed by atoms with Crippen molar-refractivity contribution in [2.24, 2.45) is 0 Å². The lowest BCUT2D eigenvalue weighted by atomic mass is 9.82. The van der Waals surface area contributed by atoms with Crippen molar-refractivity contribution in [1.29, 1.82) is 0 Å². The zero-order valence-electron chi connectivity index (χ0n) is 18.5. The quantitative estimate of drug-likeness (QED) is 0.566. The summed E-state index contributed by atoms with van der Waals surface area (Å²) in [5, 5.41) is 10.8. The number of ether oxygens (including phenoxy) is 3. The highest BCUT2D eigenvalue weighted by atomic mass is 32.2. The van der Waals surface area contributed by atoms with Gasteiger partial charge in [0.15, 0.2) is 0 Å². The Morgan fingerprint density at radius 1 is 0.706 bits per heavy atom. The third-order valence-electron chi connectivity index (χ3n) is 6.11. The maximum absolute atomic E-state index is 13.0. The topological polar surface area (TPSA) is 135 Å². The molecule has 3 aliphatic heterocycles. The van der Waals surface area contributed by atoms with E-state index < -0.39 is 62.8 Å². The largest absolute Gasteiger partial charge is 0.387 e. The molecule has 2 aromatic rings.